The number of anilines is 1. The van der Waals surface area contributed by atoms with Gasteiger partial charge in [0.05, 0.1) is 23.0 Å². The fraction of sp³-hybridized carbons (Fsp3) is 0.481. The quantitative estimate of drug-likeness (QED) is 0.379. The zero-order valence-corrected chi connectivity index (χ0v) is 22.4. The number of nitrogens with zero attached hydrogens (tertiary/aromatic N) is 1. The molecule has 2 aliphatic heterocycles. The van der Waals surface area contributed by atoms with Crippen LogP contribution in [0.25, 0.3) is 0 Å². The lowest BCUT2D eigenvalue weighted by Gasteiger charge is -2.39. The van der Waals surface area contributed by atoms with Crippen molar-refractivity contribution in [2.24, 2.45) is 5.92 Å². The predicted molar refractivity (Wildman–Crippen MR) is 133 cm³/mol. The highest BCUT2D eigenvalue weighted by Crippen LogP contribution is 2.43. The molecule has 4 rings (SSSR count). The maximum Gasteiger partial charge on any atom is 0.421 e. The highest BCUT2D eigenvalue weighted by atomic mass is 32.2. The van der Waals surface area contributed by atoms with Crippen molar-refractivity contribution in [3.05, 3.63) is 59.4 Å². The number of cyclic esters (lactones) is 1. The minimum atomic E-state index is -4.97. The van der Waals surface area contributed by atoms with E-state index in [1.807, 2.05) is 0 Å². The Morgan fingerprint density at radius 3 is 2.33 bits per heavy atom. The first-order valence-corrected chi connectivity index (χ1v) is 13.8. The summed E-state index contributed by atoms with van der Waals surface area (Å²) < 4.78 is 87.8. The van der Waals surface area contributed by atoms with E-state index in [-0.39, 0.29) is 60.0 Å². The molecule has 2 heterocycles. The second-order valence-electron chi connectivity index (χ2n) is 10.8. The normalized spacial score (nSPS) is 22.7. The first-order chi connectivity index (χ1) is 17.9. The summed E-state index contributed by atoms with van der Waals surface area (Å²) >= 11 is 0. The van der Waals surface area contributed by atoms with Gasteiger partial charge in [-0.15, -0.1) is 0 Å². The van der Waals surface area contributed by atoms with Crippen LogP contribution in [0, 0.1) is 11.7 Å². The van der Waals surface area contributed by atoms with Gasteiger partial charge in [-0.25, -0.2) is 12.8 Å². The van der Waals surface area contributed by atoms with E-state index in [2.05, 4.69) is 0 Å². The Labute approximate surface area is 223 Å². The van der Waals surface area contributed by atoms with Gasteiger partial charge in [0.15, 0.2) is 5.60 Å². The van der Waals surface area contributed by atoms with Crippen LogP contribution in [-0.4, -0.2) is 43.1 Å². The van der Waals surface area contributed by atoms with Gasteiger partial charge in [-0.1, -0.05) is 12.1 Å². The number of hydrogen-bond acceptors (Lipinski definition) is 6. The van der Waals surface area contributed by atoms with Crippen molar-refractivity contribution in [3.8, 4) is 0 Å². The number of carbonyl (C=O) groups excluding carboxylic acids is 2. The largest absolute Gasteiger partial charge is 0.459 e. The van der Waals surface area contributed by atoms with Gasteiger partial charge in [-0.05, 0) is 75.1 Å². The standard InChI is InChI=1S/C27H29F4NO6S/c1-25(2)18(14-24(34)38-25)13-21(33)15-20-8-4-16-12-17(26(3,35)27(29,30)31)5-11-23(16)32(20)39(36,37)22-9-6-19(28)7-10-22/h5-7,9-12,18,20,35H,4,8,13-15H2,1-3H3/t18?,20-,26?/m0/s1. The lowest BCUT2D eigenvalue weighted by Crippen LogP contribution is -2.45. The lowest BCUT2D eigenvalue weighted by molar-refractivity contribution is -0.258. The molecule has 3 atom stereocenters. The van der Waals surface area contributed by atoms with Crippen LogP contribution in [-0.2, 0) is 36.4 Å². The third-order valence-corrected chi connectivity index (χ3v) is 9.47. The number of esters is 1. The average molecular weight is 572 g/mol. The summed E-state index contributed by atoms with van der Waals surface area (Å²) in [6.45, 7) is 4.02. The maximum absolute atomic E-state index is 13.8. The van der Waals surface area contributed by atoms with Gasteiger partial charge < -0.3 is 9.84 Å². The molecule has 0 aromatic heterocycles. The molecule has 1 saturated heterocycles. The van der Waals surface area contributed by atoms with E-state index >= 15 is 0 Å². The molecule has 2 aliphatic rings. The number of benzene rings is 2. The molecular weight excluding hydrogens is 542 g/mol. The number of hydrogen-bond donors (Lipinski definition) is 1. The van der Waals surface area contributed by atoms with Crippen LogP contribution in [0.15, 0.2) is 47.4 Å². The summed E-state index contributed by atoms with van der Waals surface area (Å²) in [5, 5.41) is 10.2. The summed E-state index contributed by atoms with van der Waals surface area (Å²) in [5.74, 6) is -1.76. The molecule has 2 aromatic rings. The minimum Gasteiger partial charge on any atom is -0.459 e. The van der Waals surface area contributed by atoms with Gasteiger partial charge in [-0.2, -0.15) is 13.2 Å². The number of rotatable bonds is 7. The molecule has 0 amide bonds. The second-order valence-corrected chi connectivity index (χ2v) is 12.6. The summed E-state index contributed by atoms with van der Waals surface area (Å²) in [7, 11) is -4.37. The van der Waals surface area contributed by atoms with Crippen molar-refractivity contribution in [2.75, 3.05) is 4.31 Å². The smallest absolute Gasteiger partial charge is 0.421 e. The van der Waals surface area contributed by atoms with Gasteiger partial charge in [0.25, 0.3) is 10.0 Å². The van der Waals surface area contributed by atoms with Gasteiger partial charge in [0.2, 0.25) is 0 Å². The molecule has 212 valence electrons. The van der Waals surface area contributed by atoms with Crippen molar-refractivity contribution < 1.29 is 45.4 Å². The molecule has 7 nitrogen and oxygen atoms in total. The van der Waals surface area contributed by atoms with E-state index in [9.17, 15) is 40.7 Å². The molecule has 12 heteroatoms. The number of halogens is 4. The average Bonchev–Trinajstić information content (AvgIpc) is 3.08. The zero-order valence-electron chi connectivity index (χ0n) is 21.6. The molecule has 0 aliphatic carbocycles. The van der Waals surface area contributed by atoms with Crippen LogP contribution < -0.4 is 4.31 Å². The lowest BCUT2D eigenvalue weighted by atomic mass is 9.84. The van der Waals surface area contributed by atoms with Crippen molar-refractivity contribution >= 4 is 27.5 Å². The summed E-state index contributed by atoms with van der Waals surface area (Å²) in [5.41, 5.74) is -4.14. The second kappa shape index (κ2) is 9.88. The number of sulfonamides is 1. The monoisotopic (exact) mass is 571 g/mol. The number of ether oxygens (including phenoxy) is 1. The first kappa shape index (κ1) is 29.0. The maximum atomic E-state index is 13.8. The van der Waals surface area contributed by atoms with E-state index in [0.29, 0.717) is 6.92 Å². The molecule has 2 aromatic carbocycles. The van der Waals surface area contributed by atoms with Crippen LogP contribution in [0.3, 0.4) is 0 Å². The Kier molecular flexibility index (Phi) is 7.35. The van der Waals surface area contributed by atoms with E-state index in [0.717, 1.165) is 40.7 Å². The first-order valence-electron chi connectivity index (χ1n) is 12.4. The number of aliphatic hydroxyl groups is 1. The number of alkyl halides is 3. The molecular formula is C27H29F4NO6S. The van der Waals surface area contributed by atoms with Crippen LogP contribution in [0.4, 0.5) is 23.2 Å². The van der Waals surface area contributed by atoms with E-state index in [4.69, 9.17) is 4.74 Å². The van der Waals surface area contributed by atoms with Gasteiger partial charge in [-0.3, -0.25) is 13.9 Å². The highest BCUT2D eigenvalue weighted by Gasteiger charge is 2.51. The minimum absolute atomic E-state index is 0.0140. The third kappa shape index (κ3) is 5.54. The van der Waals surface area contributed by atoms with Gasteiger partial charge in [0.1, 0.15) is 17.2 Å². The number of fused-ring (bicyclic) bond motifs is 1. The molecule has 1 fully saturated rings. The highest BCUT2D eigenvalue weighted by molar-refractivity contribution is 7.92. The van der Waals surface area contributed by atoms with Crippen molar-refractivity contribution in [3.63, 3.8) is 0 Å². The van der Waals surface area contributed by atoms with Crippen LogP contribution in [0.2, 0.25) is 0 Å². The Balaban J connectivity index is 1.71. The molecule has 2 unspecified atom stereocenters. The topological polar surface area (TPSA) is 101 Å². The third-order valence-electron chi connectivity index (χ3n) is 7.59. The Bertz CT molecular complexity index is 1390. The van der Waals surface area contributed by atoms with Crippen molar-refractivity contribution in [2.45, 2.75) is 81.2 Å². The fourth-order valence-corrected chi connectivity index (χ4v) is 6.86. The Morgan fingerprint density at radius 1 is 1.13 bits per heavy atom. The van der Waals surface area contributed by atoms with Gasteiger partial charge in [0, 0.05) is 18.8 Å². The van der Waals surface area contributed by atoms with Gasteiger partial charge >= 0.3 is 12.1 Å². The Morgan fingerprint density at radius 2 is 1.77 bits per heavy atom. The Hall–Kier alpha value is -2.99. The molecule has 39 heavy (non-hydrogen) atoms. The summed E-state index contributed by atoms with van der Waals surface area (Å²) in [6.07, 6.45) is -4.86. The SMILES string of the molecule is CC1(C)OC(=O)CC1CC(=O)C[C@@H]1CCc2cc(C(C)(O)C(F)(F)F)ccc2N1S(=O)(=O)c1ccc(F)cc1. The number of Topliss-reactive ketones (excluding diaryl/α,β-unsaturated/α-hetero) is 1. The summed E-state index contributed by atoms with van der Waals surface area (Å²) in [6, 6.07) is 6.53. The fourth-order valence-electron chi connectivity index (χ4n) is 5.14. The molecule has 0 spiro atoms. The number of carbonyl (C=O) groups is 2. The van der Waals surface area contributed by atoms with E-state index in [1.165, 1.54) is 6.07 Å². The number of ketones is 1. The number of aryl methyl sites for hydroxylation is 1. The zero-order chi connectivity index (χ0) is 29.0. The predicted octanol–water partition coefficient (Wildman–Crippen LogP) is 4.80. The van der Waals surface area contributed by atoms with Crippen LogP contribution in [0.5, 0.6) is 0 Å². The molecule has 0 radical (unpaired) electrons. The van der Waals surface area contributed by atoms with Crippen LogP contribution in [0.1, 0.15) is 57.6 Å². The molecule has 1 N–H and O–H groups in total. The van der Waals surface area contributed by atoms with E-state index < -0.39 is 50.8 Å². The van der Waals surface area contributed by atoms with Crippen molar-refractivity contribution in [1.29, 1.82) is 0 Å². The van der Waals surface area contributed by atoms with E-state index in [1.54, 1.807) is 13.8 Å². The summed E-state index contributed by atoms with van der Waals surface area (Å²) in [4.78, 5) is 24.6. The van der Waals surface area contributed by atoms with Crippen LogP contribution >= 0.6 is 0 Å². The molecule has 0 saturated carbocycles. The van der Waals surface area contributed by atoms with Crippen molar-refractivity contribution in [1.82, 2.24) is 0 Å². The molecule has 0 bridgehead atoms.